The molecule has 150 valence electrons. The number of halogens is 2. The summed E-state index contributed by atoms with van der Waals surface area (Å²) in [5.74, 6) is -0.418. The molecule has 0 saturated carbocycles. The molecule has 0 N–H and O–H groups in total. The number of carbonyl (C=O) groups is 1. The summed E-state index contributed by atoms with van der Waals surface area (Å²) in [4.78, 5) is 12.4. The molecule has 2 aromatic rings. The first-order valence-electron chi connectivity index (χ1n) is 8.26. The molecule has 0 radical (unpaired) electrons. The second-order valence-corrected chi connectivity index (χ2v) is 9.08. The van der Waals surface area contributed by atoms with Crippen molar-refractivity contribution in [3.63, 3.8) is 0 Å². The van der Waals surface area contributed by atoms with Crippen LogP contribution in [0.1, 0.15) is 10.4 Å². The van der Waals surface area contributed by atoms with Crippen LogP contribution in [0.15, 0.2) is 45.8 Å². The third-order valence-electron chi connectivity index (χ3n) is 4.08. The van der Waals surface area contributed by atoms with E-state index in [0.29, 0.717) is 13.2 Å². The Kier molecular flexibility index (Phi) is 6.61. The number of rotatable bonds is 5. The van der Waals surface area contributed by atoms with Crippen molar-refractivity contribution in [3.05, 3.63) is 51.5 Å². The van der Waals surface area contributed by atoms with Crippen LogP contribution in [-0.2, 0) is 14.8 Å². The molecule has 0 spiro atoms. The van der Waals surface area contributed by atoms with Gasteiger partial charge in [-0.05, 0) is 36.4 Å². The van der Waals surface area contributed by atoms with Gasteiger partial charge in [0.2, 0.25) is 10.0 Å². The molecular formula is C18H17BrClNO6S. The van der Waals surface area contributed by atoms with E-state index in [4.69, 9.17) is 25.8 Å². The number of carbonyl (C=O) groups excluding carboxylic acids is 1. The van der Waals surface area contributed by atoms with Crippen molar-refractivity contribution in [2.24, 2.45) is 0 Å². The smallest absolute Gasteiger partial charge is 0.343 e. The molecular weight excluding hydrogens is 474 g/mol. The normalized spacial score (nSPS) is 15.2. The molecule has 0 bridgehead atoms. The van der Waals surface area contributed by atoms with Gasteiger partial charge >= 0.3 is 5.97 Å². The Balaban J connectivity index is 1.92. The van der Waals surface area contributed by atoms with Gasteiger partial charge in [0.1, 0.15) is 16.4 Å². The Hall–Kier alpha value is -1.65. The van der Waals surface area contributed by atoms with Crippen LogP contribution in [0, 0.1) is 0 Å². The fourth-order valence-corrected chi connectivity index (χ4v) is 4.95. The predicted molar refractivity (Wildman–Crippen MR) is 107 cm³/mol. The van der Waals surface area contributed by atoms with E-state index in [2.05, 4.69) is 15.9 Å². The second-order valence-electron chi connectivity index (χ2n) is 5.85. The van der Waals surface area contributed by atoms with Crippen LogP contribution < -0.4 is 9.47 Å². The Bertz CT molecular complexity index is 992. The Morgan fingerprint density at radius 2 is 1.82 bits per heavy atom. The summed E-state index contributed by atoms with van der Waals surface area (Å²) in [6, 6.07) is 8.92. The van der Waals surface area contributed by atoms with Gasteiger partial charge in [0.15, 0.2) is 0 Å². The van der Waals surface area contributed by atoms with Crippen LogP contribution in [0.3, 0.4) is 0 Å². The summed E-state index contributed by atoms with van der Waals surface area (Å²) < 4.78 is 43.8. The Morgan fingerprint density at radius 1 is 1.14 bits per heavy atom. The molecule has 1 aliphatic heterocycles. The van der Waals surface area contributed by atoms with Crippen LogP contribution in [0.4, 0.5) is 0 Å². The zero-order valence-electron chi connectivity index (χ0n) is 14.9. The fraction of sp³-hybridized carbons (Fsp3) is 0.278. The molecule has 28 heavy (non-hydrogen) atoms. The molecule has 1 fully saturated rings. The number of sulfonamides is 1. The first-order chi connectivity index (χ1) is 13.3. The van der Waals surface area contributed by atoms with Gasteiger partial charge in [-0.15, -0.1) is 0 Å². The van der Waals surface area contributed by atoms with E-state index in [1.807, 2.05) is 0 Å². The number of ether oxygens (including phenoxy) is 3. The summed E-state index contributed by atoms with van der Waals surface area (Å²) in [5.41, 5.74) is 0.0617. The molecule has 0 unspecified atom stereocenters. The largest absolute Gasteiger partial charge is 0.495 e. The SMILES string of the molecule is COc1ccc(C(=O)Oc2ccc(Br)cc2Cl)cc1S(=O)(=O)N1CCOCC1. The van der Waals surface area contributed by atoms with E-state index < -0.39 is 16.0 Å². The monoisotopic (exact) mass is 489 g/mol. The van der Waals surface area contributed by atoms with Crippen LogP contribution in [0.5, 0.6) is 11.5 Å². The molecule has 1 aliphatic rings. The average Bonchev–Trinajstić information content (AvgIpc) is 2.70. The van der Waals surface area contributed by atoms with Gasteiger partial charge in [0, 0.05) is 17.6 Å². The van der Waals surface area contributed by atoms with Crippen molar-refractivity contribution in [3.8, 4) is 11.5 Å². The lowest BCUT2D eigenvalue weighted by atomic mass is 10.2. The minimum atomic E-state index is -3.86. The van der Waals surface area contributed by atoms with Crippen molar-refractivity contribution in [1.82, 2.24) is 4.31 Å². The molecule has 1 heterocycles. The van der Waals surface area contributed by atoms with Gasteiger partial charge < -0.3 is 14.2 Å². The van der Waals surface area contributed by atoms with Crippen LogP contribution in [0.25, 0.3) is 0 Å². The lowest BCUT2D eigenvalue weighted by Crippen LogP contribution is -2.40. The topological polar surface area (TPSA) is 82.1 Å². The number of hydrogen-bond acceptors (Lipinski definition) is 6. The molecule has 3 rings (SSSR count). The van der Waals surface area contributed by atoms with Crippen molar-refractivity contribution in [2.45, 2.75) is 4.90 Å². The van der Waals surface area contributed by atoms with Crippen LogP contribution in [0.2, 0.25) is 5.02 Å². The van der Waals surface area contributed by atoms with Crippen molar-refractivity contribution >= 4 is 43.5 Å². The van der Waals surface area contributed by atoms with Crippen molar-refractivity contribution < 1.29 is 27.4 Å². The quantitative estimate of drug-likeness (QED) is 0.472. The third kappa shape index (κ3) is 4.49. The average molecular weight is 491 g/mol. The number of esters is 1. The maximum atomic E-state index is 13.0. The summed E-state index contributed by atoms with van der Waals surface area (Å²) in [5, 5.41) is 0.248. The molecule has 0 aromatic heterocycles. The minimum Gasteiger partial charge on any atom is -0.495 e. The zero-order chi connectivity index (χ0) is 20.3. The third-order valence-corrected chi connectivity index (χ3v) is 6.79. The van der Waals surface area contributed by atoms with E-state index in [0.717, 1.165) is 4.47 Å². The summed E-state index contributed by atoms with van der Waals surface area (Å²) in [6.45, 7) is 1.08. The Morgan fingerprint density at radius 3 is 2.46 bits per heavy atom. The molecule has 10 heteroatoms. The van der Waals surface area contributed by atoms with Crippen molar-refractivity contribution in [2.75, 3.05) is 33.4 Å². The van der Waals surface area contributed by atoms with Gasteiger partial charge in [-0.1, -0.05) is 27.5 Å². The molecule has 0 atom stereocenters. The molecule has 1 saturated heterocycles. The first kappa shape index (κ1) is 21.1. The van der Waals surface area contributed by atoms with Crippen molar-refractivity contribution in [1.29, 1.82) is 0 Å². The summed E-state index contributed by atoms with van der Waals surface area (Å²) in [7, 11) is -2.49. The van der Waals surface area contributed by atoms with E-state index >= 15 is 0 Å². The highest BCUT2D eigenvalue weighted by Gasteiger charge is 2.30. The maximum absolute atomic E-state index is 13.0. The predicted octanol–water partition coefficient (Wildman–Crippen LogP) is 3.35. The highest BCUT2D eigenvalue weighted by molar-refractivity contribution is 9.10. The highest BCUT2D eigenvalue weighted by Crippen LogP contribution is 2.31. The van der Waals surface area contributed by atoms with E-state index in [-0.39, 0.29) is 40.1 Å². The van der Waals surface area contributed by atoms with Crippen LogP contribution in [-0.4, -0.2) is 52.1 Å². The lowest BCUT2D eigenvalue weighted by molar-refractivity contribution is 0.0726. The maximum Gasteiger partial charge on any atom is 0.343 e. The molecule has 2 aromatic carbocycles. The number of methoxy groups -OCH3 is 1. The number of hydrogen-bond donors (Lipinski definition) is 0. The second kappa shape index (κ2) is 8.79. The zero-order valence-corrected chi connectivity index (χ0v) is 18.0. The van der Waals surface area contributed by atoms with Gasteiger partial charge in [-0.2, -0.15) is 4.31 Å². The lowest BCUT2D eigenvalue weighted by Gasteiger charge is -2.26. The molecule has 7 nitrogen and oxygen atoms in total. The number of benzene rings is 2. The van der Waals surface area contributed by atoms with E-state index in [1.165, 1.54) is 29.6 Å². The highest BCUT2D eigenvalue weighted by atomic mass is 79.9. The van der Waals surface area contributed by atoms with Gasteiger partial charge in [0.05, 0.1) is 30.9 Å². The Labute approximate surface area is 176 Å². The molecule has 0 amide bonds. The standard InChI is InChI=1S/C18H17BrClNO6S/c1-25-16-4-2-12(18(22)27-15-5-3-13(19)11-14(15)20)10-17(16)28(23,24)21-6-8-26-9-7-21/h2-5,10-11H,6-9H2,1H3. The first-order valence-corrected chi connectivity index (χ1v) is 10.9. The van der Waals surface area contributed by atoms with Gasteiger partial charge in [-0.25, -0.2) is 13.2 Å². The van der Waals surface area contributed by atoms with E-state index in [1.54, 1.807) is 18.2 Å². The fourth-order valence-electron chi connectivity index (χ4n) is 2.65. The summed E-state index contributed by atoms with van der Waals surface area (Å²) >= 11 is 9.35. The number of morpholine rings is 1. The summed E-state index contributed by atoms with van der Waals surface area (Å²) in [6.07, 6.45) is 0. The van der Waals surface area contributed by atoms with E-state index in [9.17, 15) is 13.2 Å². The van der Waals surface area contributed by atoms with Gasteiger partial charge in [-0.3, -0.25) is 0 Å². The van der Waals surface area contributed by atoms with Gasteiger partial charge in [0.25, 0.3) is 0 Å². The van der Waals surface area contributed by atoms with Crippen LogP contribution >= 0.6 is 27.5 Å². The minimum absolute atomic E-state index is 0.0617. The molecule has 0 aliphatic carbocycles. The number of nitrogens with zero attached hydrogens (tertiary/aromatic N) is 1.